The third kappa shape index (κ3) is 6.98. The van der Waals surface area contributed by atoms with Crippen LogP contribution in [0.3, 0.4) is 0 Å². The Morgan fingerprint density at radius 1 is 1.03 bits per heavy atom. The highest BCUT2D eigenvalue weighted by Crippen LogP contribution is 2.30. The van der Waals surface area contributed by atoms with Crippen LogP contribution in [-0.4, -0.2) is 40.6 Å². The molecule has 190 valence electrons. The van der Waals surface area contributed by atoms with Gasteiger partial charge in [-0.2, -0.15) is 0 Å². The lowest BCUT2D eigenvalue weighted by Crippen LogP contribution is -2.44. The van der Waals surface area contributed by atoms with Crippen molar-refractivity contribution in [3.63, 3.8) is 0 Å². The van der Waals surface area contributed by atoms with Crippen molar-refractivity contribution in [1.82, 2.24) is 10.5 Å². The van der Waals surface area contributed by atoms with Crippen molar-refractivity contribution in [2.45, 2.75) is 26.3 Å². The first-order valence-electron chi connectivity index (χ1n) is 10.5. The smallest absolute Gasteiger partial charge is 0.480 e. The Bertz CT molecular complexity index is 1240. The molecule has 0 spiro atoms. The van der Waals surface area contributed by atoms with Gasteiger partial charge in [-0.25, -0.2) is 9.59 Å². The normalized spacial score (nSPS) is 12.1. The van der Waals surface area contributed by atoms with Crippen molar-refractivity contribution < 1.29 is 41.9 Å². The standard InChI is InChI=1S/C23H21F3N4O6/c1-12(2)19(21(32)33)29-20(31)18-11-16(30-36-18)13-7-9-14(10-8-13)27-22(34)28-15-5-3-4-6-17(15)35-23(24,25)26/h3-12,19H,1-2H3,(H,29,31)(H,32,33)(H2,27,28,34). The number of carbonyl (C=O) groups excluding carboxylic acids is 2. The van der Waals surface area contributed by atoms with Gasteiger partial charge in [0.2, 0.25) is 5.76 Å². The van der Waals surface area contributed by atoms with E-state index in [1.54, 1.807) is 26.0 Å². The summed E-state index contributed by atoms with van der Waals surface area (Å²) in [5, 5.41) is 20.1. The van der Waals surface area contributed by atoms with E-state index >= 15 is 0 Å². The lowest BCUT2D eigenvalue weighted by molar-refractivity contribution is -0.274. The van der Waals surface area contributed by atoms with Gasteiger partial charge in [0.05, 0.1) is 5.69 Å². The van der Waals surface area contributed by atoms with E-state index in [-0.39, 0.29) is 23.1 Å². The molecular weight excluding hydrogens is 485 g/mol. The maximum Gasteiger partial charge on any atom is 0.573 e. The first kappa shape index (κ1) is 26.1. The Morgan fingerprint density at radius 3 is 2.31 bits per heavy atom. The van der Waals surface area contributed by atoms with E-state index in [1.807, 2.05) is 0 Å². The molecule has 0 radical (unpaired) electrons. The molecule has 3 amide bonds. The number of carbonyl (C=O) groups is 3. The molecule has 10 nitrogen and oxygen atoms in total. The van der Waals surface area contributed by atoms with Crippen LogP contribution in [0.5, 0.6) is 5.75 Å². The van der Waals surface area contributed by atoms with Gasteiger partial charge in [0.15, 0.2) is 5.75 Å². The minimum Gasteiger partial charge on any atom is -0.480 e. The monoisotopic (exact) mass is 506 g/mol. The second-order valence-corrected chi connectivity index (χ2v) is 7.81. The van der Waals surface area contributed by atoms with Crippen LogP contribution in [0.1, 0.15) is 24.4 Å². The van der Waals surface area contributed by atoms with Gasteiger partial charge < -0.3 is 30.3 Å². The summed E-state index contributed by atoms with van der Waals surface area (Å²) in [6.45, 7) is 3.30. The predicted octanol–water partition coefficient (Wildman–Crippen LogP) is 4.72. The summed E-state index contributed by atoms with van der Waals surface area (Å²) in [5.41, 5.74) is 0.935. The second kappa shape index (κ2) is 10.8. The quantitative estimate of drug-likeness (QED) is 0.346. The summed E-state index contributed by atoms with van der Waals surface area (Å²) in [5.74, 6) is -3.01. The summed E-state index contributed by atoms with van der Waals surface area (Å²) in [4.78, 5) is 35.8. The number of nitrogens with zero attached hydrogens (tertiary/aromatic N) is 1. The lowest BCUT2D eigenvalue weighted by Gasteiger charge is -2.16. The van der Waals surface area contributed by atoms with Crippen LogP contribution in [0, 0.1) is 5.92 Å². The van der Waals surface area contributed by atoms with Gasteiger partial charge in [-0.15, -0.1) is 13.2 Å². The predicted molar refractivity (Wildman–Crippen MR) is 121 cm³/mol. The molecule has 13 heteroatoms. The Morgan fingerprint density at radius 2 is 1.69 bits per heavy atom. The van der Waals surface area contributed by atoms with Gasteiger partial charge >= 0.3 is 18.4 Å². The third-order valence-electron chi connectivity index (χ3n) is 4.75. The zero-order valence-electron chi connectivity index (χ0n) is 18.9. The molecule has 0 aliphatic heterocycles. The molecule has 3 rings (SSSR count). The molecule has 0 saturated heterocycles. The van der Waals surface area contributed by atoms with E-state index in [1.165, 1.54) is 36.4 Å². The molecule has 1 atom stereocenters. The maximum atomic E-state index is 12.5. The van der Waals surface area contributed by atoms with Gasteiger partial charge in [0.25, 0.3) is 5.91 Å². The SMILES string of the molecule is CC(C)C(NC(=O)c1cc(-c2ccc(NC(=O)Nc3ccccc3OC(F)(F)F)cc2)no1)C(=O)O. The van der Waals surface area contributed by atoms with E-state index in [4.69, 9.17) is 4.52 Å². The van der Waals surface area contributed by atoms with Crippen LogP contribution >= 0.6 is 0 Å². The molecule has 2 aromatic carbocycles. The third-order valence-corrected chi connectivity index (χ3v) is 4.75. The summed E-state index contributed by atoms with van der Waals surface area (Å²) in [6.07, 6.45) is -4.92. The molecule has 36 heavy (non-hydrogen) atoms. The first-order valence-corrected chi connectivity index (χ1v) is 10.5. The average molecular weight is 506 g/mol. The molecule has 4 N–H and O–H groups in total. The fourth-order valence-electron chi connectivity index (χ4n) is 3.04. The number of carboxylic acids is 1. The zero-order valence-corrected chi connectivity index (χ0v) is 18.9. The lowest BCUT2D eigenvalue weighted by atomic mass is 10.0. The highest BCUT2D eigenvalue weighted by atomic mass is 19.4. The molecule has 0 fully saturated rings. The Labute approximate surface area is 202 Å². The number of aromatic nitrogens is 1. The van der Waals surface area contributed by atoms with E-state index in [2.05, 4.69) is 25.8 Å². The van der Waals surface area contributed by atoms with Gasteiger partial charge in [-0.3, -0.25) is 4.79 Å². The number of hydrogen-bond donors (Lipinski definition) is 4. The number of alkyl halides is 3. The first-order chi connectivity index (χ1) is 16.9. The summed E-state index contributed by atoms with van der Waals surface area (Å²) in [6, 6.07) is 10.6. The summed E-state index contributed by atoms with van der Waals surface area (Å²) in [7, 11) is 0. The number of urea groups is 1. The number of ether oxygens (including phenoxy) is 1. The second-order valence-electron chi connectivity index (χ2n) is 7.81. The number of halogens is 3. The van der Waals surface area contributed by atoms with Crippen LogP contribution in [0.2, 0.25) is 0 Å². The molecule has 1 heterocycles. The van der Waals surface area contributed by atoms with E-state index < -0.39 is 36.1 Å². The molecule has 0 bridgehead atoms. The minimum atomic E-state index is -4.92. The van der Waals surface area contributed by atoms with E-state index in [9.17, 15) is 32.7 Å². The van der Waals surface area contributed by atoms with E-state index in [0.717, 1.165) is 6.07 Å². The molecule has 1 aromatic heterocycles. The van der Waals surface area contributed by atoms with Crippen molar-refractivity contribution in [1.29, 1.82) is 0 Å². The van der Waals surface area contributed by atoms with Crippen LogP contribution in [0.25, 0.3) is 11.3 Å². The number of benzene rings is 2. The molecule has 0 saturated carbocycles. The number of anilines is 2. The number of rotatable bonds is 8. The summed E-state index contributed by atoms with van der Waals surface area (Å²) >= 11 is 0. The molecule has 0 aliphatic rings. The molecule has 0 aliphatic carbocycles. The van der Waals surface area contributed by atoms with Crippen LogP contribution in [0.15, 0.2) is 59.1 Å². The number of para-hydroxylation sites is 2. The summed E-state index contributed by atoms with van der Waals surface area (Å²) < 4.78 is 46.5. The number of aliphatic carboxylic acids is 1. The fourth-order valence-corrected chi connectivity index (χ4v) is 3.04. The number of amides is 3. The fraction of sp³-hybridized carbons (Fsp3) is 0.217. The number of nitrogens with one attached hydrogen (secondary N) is 3. The minimum absolute atomic E-state index is 0.181. The zero-order chi connectivity index (χ0) is 26.5. The van der Waals surface area contributed by atoms with Crippen molar-refractivity contribution >= 4 is 29.3 Å². The average Bonchev–Trinajstić information content (AvgIpc) is 3.28. The van der Waals surface area contributed by atoms with Crippen molar-refractivity contribution in [2.75, 3.05) is 10.6 Å². The van der Waals surface area contributed by atoms with Gasteiger partial charge in [0, 0.05) is 17.3 Å². The van der Waals surface area contributed by atoms with Gasteiger partial charge in [-0.05, 0) is 30.2 Å². The Kier molecular flexibility index (Phi) is 7.82. The number of carboxylic acid groups (broad SMARTS) is 1. The Hall–Kier alpha value is -4.55. The van der Waals surface area contributed by atoms with Crippen LogP contribution in [0.4, 0.5) is 29.3 Å². The largest absolute Gasteiger partial charge is 0.573 e. The van der Waals surface area contributed by atoms with Gasteiger partial charge in [0.1, 0.15) is 11.7 Å². The number of hydrogen-bond acceptors (Lipinski definition) is 6. The molecular formula is C23H21F3N4O6. The Balaban J connectivity index is 1.63. The van der Waals surface area contributed by atoms with Crippen LogP contribution in [-0.2, 0) is 4.79 Å². The van der Waals surface area contributed by atoms with E-state index in [0.29, 0.717) is 11.3 Å². The topological polar surface area (TPSA) is 143 Å². The van der Waals surface area contributed by atoms with Gasteiger partial charge in [-0.1, -0.05) is 43.3 Å². The highest BCUT2D eigenvalue weighted by Gasteiger charge is 2.32. The van der Waals surface area contributed by atoms with Crippen molar-refractivity contribution in [3.05, 3.63) is 60.4 Å². The highest BCUT2D eigenvalue weighted by molar-refractivity contribution is 6.00. The van der Waals surface area contributed by atoms with Crippen molar-refractivity contribution in [2.24, 2.45) is 5.92 Å². The molecule has 1 unspecified atom stereocenters. The maximum absolute atomic E-state index is 12.5. The van der Waals surface area contributed by atoms with Crippen LogP contribution < -0.4 is 20.7 Å². The molecule has 3 aromatic rings. The van der Waals surface area contributed by atoms with Crippen molar-refractivity contribution in [3.8, 4) is 17.0 Å².